The summed E-state index contributed by atoms with van der Waals surface area (Å²) in [4.78, 5) is 24.1. The van der Waals surface area contributed by atoms with Crippen molar-refractivity contribution in [2.24, 2.45) is 5.92 Å². The topological polar surface area (TPSA) is 83.1 Å². The van der Waals surface area contributed by atoms with Gasteiger partial charge in [-0.15, -0.1) is 0 Å². The maximum absolute atomic E-state index is 12.3. The summed E-state index contributed by atoms with van der Waals surface area (Å²) in [5, 5.41) is 2.92. The van der Waals surface area contributed by atoms with E-state index >= 15 is 0 Å². The maximum Gasteiger partial charge on any atom is 0.344 e. The molecule has 29 heavy (non-hydrogen) atoms. The number of nitrogens with one attached hydrogen (secondary N) is 1. The number of amides is 1. The summed E-state index contributed by atoms with van der Waals surface area (Å²) >= 11 is 0. The highest BCUT2D eigenvalue weighted by atomic mass is 16.6. The van der Waals surface area contributed by atoms with Crippen LogP contribution < -0.4 is 19.5 Å². The van der Waals surface area contributed by atoms with Gasteiger partial charge in [-0.25, -0.2) is 4.79 Å². The van der Waals surface area contributed by atoms with E-state index in [0.29, 0.717) is 30.5 Å². The zero-order valence-electron chi connectivity index (χ0n) is 16.6. The summed E-state index contributed by atoms with van der Waals surface area (Å²) in [6.45, 7) is 4.40. The Morgan fingerprint density at radius 3 is 2.45 bits per heavy atom. The molecule has 7 heteroatoms. The van der Waals surface area contributed by atoms with E-state index in [9.17, 15) is 9.59 Å². The lowest BCUT2D eigenvalue weighted by Crippen LogP contribution is -2.35. The minimum absolute atomic E-state index is 0.124. The molecule has 1 N–H and O–H groups in total. The molecule has 2 aromatic carbocycles. The molecule has 154 valence electrons. The molecule has 0 aliphatic carbocycles. The lowest BCUT2D eigenvalue weighted by Gasteiger charge is -2.25. The first-order valence-corrected chi connectivity index (χ1v) is 9.55. The van der Waals surface area contributed by atoms with Crippen LogP contribution in [0, 0.1) is 5.92 Å². The number of benzene rings is 2. The molecular formula is C22H25NO6. The molecule has 0 saturated carbocycles. The Morgan fingerprint density at radius 1 is 1.00 bits per heavy atom. The molecular weight excluding hydrogens is 374 g/mol. The molecule has 0 unspecified atom stereocenters. The zero-order chi connectivity index (χ0) is 20.6. The Balaban J connectivity index is 1.51. The number of carbonyl (C=O) groups excluding carboxylic acids is 2. The van der Waals surface area contributed by atoms with Crippen LogP contribution in [0.3, 0.4) is 0 Å². The van der Waals surface area contributed by atoms with Crippen molar-refractivity contribution in [1.29, 1.82) is 0 Å². The van der Waals surface area contributed by atoms with Gasteiger partial charge < -0.3 is 24.3 Å². The first-order valence-electron chi connectivity index (χ1n) is 9.55. The van der Waals surface area contributed by atoms with Crippen molar-refractivity contribution in [3.8, 4) is 17.2 Å². The molecule has 0 saturated heterocycles. The third-order valence-corrected chi connectivity index (χ3v) is 4.37. The van der Waals surface area contributed by atoms with Crippen LogP contribution in [-0.4, -0.2) is 38.3 Å². The summed E-state index contributed by atoms with van der Waals surface area (Å²) in [6.07, 6.45) is 0. The first-order chi connectivity index (χ1) is 14.0. The second-order valence-corrected chi connectivity index (χ2v) is 6.95. The fraction of sp³-hybridized carbons (Fsp3) is 0.364. The summed E-state index contributed by atoms with van der Waals surface area (Å²) in [6, 6.07) is 14.3. The maximum atomic E-state index is 12.3. The highest BCUT2D eigenvalue weighted by Gasteiger charge is 2.22. The molecule has 0 radical (unpaired) electrons. The molecule has 2 aromatic rings. The molecule has 0 aromatic heterocycles. The van der Waals surface area contributed by atoms with Crippen LogP contribution in [0.2, 0.25) is 0 Å². The minimum atomic E-state index is -0.607. The van der Waals surface area contributed by atoms with E-state index in [-0.39, 0.29) is 31.1 Å². The van der Waals surface area contributed by atoms with Gasteiger partial charge >= 0.3 is 5.97 Å². The summed E-state index contributed by atoms with van der Waals surface area (Å²) in [7, 11) is 0. The van der Waals surface area contributed by atoms with Crippen molar-refractivity contribution in [3.63, 3.8) is 0 Å². The second-order valence-electron chi connectivity index (χ2n) is 6.95. The molecule has 0 bridgehead atoms. The van der Waals surface area contributed by atoms with E-state index in [1.54, 1.807) is 24.3 Å². The monoisotopic (exact) mass is 399 g/mol. The number of carbonyl (C=O) groups is 2. The smallest absolute Gasteiger partial charge is 0.344 e. The molecule has 1 amide bonds. The average Bonchev–Trinajstić information content (AvgIpc) is 2.74. The average molecular weight is 399 g/mol. The standard InChI is InChI=1S/C22H25NO6/c1-15(2)22(16-8-9-18-19(12-16)27-11-10-26-18)23-20(24)13-29-21(25)14-28-17-6-4-3-5-7-17/h3-9,12,15,22H,10-11,13-14H2,1-2H3,(H,23,24)/t22-/m0/s1. The molecule has 1 aliphatic heterocycles. The Hall–Kier alpha value is -3.22. The molecule has 0 spiro atoms. The molecule has 7 nitrogen and oxygen atoms in total. The lowest BCUT2D eigenvalue weighted by atomic mass is 9.95. The summed E-state index contributed by atoms with van der Waals surface area (Å²) in [5.41, 5.74) is 0.899. The largest absolute Gasteiger partial charge is 0.486 e. The van der Waals surface area contributed by atoms with Gasteiger partial charge in [0.05, 0.1) is 6.04 Å². The van der Waals surface area contributed by atoms with E-state index in [1.807, 2.05) is 38.1 Å². The Morgan fingerprint density at radius 2 is 1.72 bits per heavy atom. The lowest BCUT2D eigenvalue weighted by molar-refractivity contribution is -0.150. The van der Waals surface area contributed by atoms with Gasteiger partial charge in [-0.1, -0.05) is 38.1 Å². The fourth-order valence-corrected chi connectivity index (χ4v) is 2.95. The summed E-state index contributed by atoms with van der Waals surface area (Å²) < 4.78 is 21.5. The quantitative estimate of drug-likeness (QED) is 0.688. The number of hydrogen-bond acceptors (Lipinski definition) is 6. The number of fused-ring (bicyclic) bond motifs is 1. The van der Waals surface area contributed by atoms with Crippen LogP contribution >= 0.6 is 0 Å². The van der Waals surface area contributed by atoms with Crippen LogP contribution in [0.5, 0.6) is 17.2 Å². The van der Waals surface area contributed by atoms with Crippen molar-refractivity contribution in [3.05, 3.63) is 54.1 Å². The van der Waals surface area contributed by atoms with Crippen molar-refractivity contribution < 1.29 is 28.5 Å². The van der Waals surface area contributed by atoms with E-state index < -0.39 is 5.97 Å². The predicted molar refractivity (Wildman–Crippen MR) is 106 cm³/mol. The second kappa shape index (κ2) is 9.82. The van der Waals surface area contributed by atoms with Gasteiger partial charge in [0.15, 0.2) is 24.7 Å². The highest BCUT2D eigenvalue weighted by Crippen LogP contribution is 2.34. The van der Waals surface area contributed by atoms with Gasteiger partial charge in [-0.3, -0.25) is 4.79 Å². The van der Waals surface area contributed by atoms with Crippen LogP contribution in [0.25, 0.3) is 0 Å². The third-order valence-electron chi connectivity index (χ3n) is 4.37. The Bertz CT molecular complexity index is 836. The molecule has 1 heterocycles. The fourth-order valence-electron chi connectivity index (χ4n) is 2.95. The van der Waals surface area contributed by atoms with Crippen LogP contribution in [0.1, 0.15) is 25.5 Å². The third kappa shape index (κ3) is 5.88. The van der Waals surface area contributed by atoms with Gasteiger partial charge in [0, 0.05) is 0 Å². The van der Waals surface area contributed by atoms with Gasteiger partial charge in [0.25, 0.3) is 5.91 Å². The van der Waals surface area contributed by atoms with Crippen LogP contribution in [0.15, 0.2) is 48.5 Å². The minimum Gasteiger partial charge on any atom is -0.486 e. The summed E-state index contributed by atoms with van der Waals surface area (Å²) in [5.74, 6) is 1.06. The van der Waals surface area contributed by atoms with Crippen molar-refractivity contribution in [2.75, 3.05) is 26.4 Å². The highest BCUT2D eigenvalue weighted by molar-refractivity contribution is 5.81. The number of ether oxygens (including phenoxy) is 4. The van der Waals surface area contributed by atoms with Crippen molar-refractivity contribution >= 4 is 11.9 Å². The van der Waals surface area contributed by atoms with E-state index in [1.165, 1.54) is 0 Å². The SMILES string of the molecule is CC(C)[C@H](NC(=O)COC(=O)COc1ccccc1)c1ccc2c(c1)OCCO2. The van der Waals surface area contributed by atoms with Gasteiger partial charge in [-0.05, 0) is 35.7 Å². The van der Waals surface area contributed by atoms with Crippen molar-refractivity contribution in [1.82, 2.24) is 5.32 Å². The first kappa shape index (κ1) is 20.5. The van der Waals surface area contributed by atoms with Crippen molar-refractivity contribution in [2.45, 2.75) is 19.9 Å². The van der Waals surface area contributed by atoms with Gasteiger partial charge in [-0.2, -0.15) is 0 Å². The van der Waals surface area contributed by atoms with Crippen LogP contribution in [-0.2, 0) is 14.3 Å². The van der Waals surface area contributed by atoms with E-state index in [4.69, 9.17) is 18.9 Å². The number of para-hydroxylation sites is 1. The Kier molecular flexibility index (Phi) is 6.94. The molecule has 1 aliphatic rings. The van der Waals surface area contributed by atoms with E-state index in [2.05, 4.69) is 5.32 Å². The number of hydrogen-bond donors (Lipinski definition) is 1. The Labute approximate surface area is 169 Å². The van der Waals surface area contributed by atoms with Gasteiger partial charge in [0.2, 0.25) is 0 Å². The molecule has 3 rings (SSSR count). The predicted octanol–water partition coefficient (Wildman–Crippen LogP) is 2.89. The zero-order valence-corrected chi connectivity index (χ0v) is 16.6. The molecule has 1 atom stereocenters. The van der Waals surface area contributed by atoms with E-state index in [0.717, 1.165) is 5.56 Å². The molecule has 0 fully saturated rings. The van der Waals surface area contributed by atoms with Gasteiger partial charge in [0.1, 0.15) is 19.0 Å². The number of esters is 1. The normalized spacial score (nSPS) is 13.5. The number of rotatable bonds is 8. The van der Waals surface area contributed by atoms with Crippen LogP contribution in [0.4, 0.5) is 0 Å².